The van der Waals surface area contributed by atoms with E-state index in [4.69, 9.17) is 9.84 Å². The zero-order valence-electron chi connectivity index (χ0n) is 11.5. The first-order chi connectivity index (χ1) is 9.60. The number of carbonyl (C=O) groups excluding carboxylic acids is 1. The summed E-state index contributed by atoms with van der Waals surface area (Å²) >= 11 is 0. The van der Waals surface area contributed by atoms with Crippen LogP contribution in [0.4, 0.5) is 0 Å². The van der Waals surface area contributed by atoms with Crippen molar-refractivity contribution >= 4 is 11.9 Å². The van der Waals surface area contributed by atoms with Gasteiger partial charge in [-0.25, -0.2) is 0 Å². The van der Waals surface area contributed by atoms with E-state index in [1.54, 1.807) is 18.2 Å². The number of carboxylic acid groups (broad SMARTS) is 1. The monoisotopic (exact) mass is 277 g/mol. The third kappa shape index (κ3) is 3.50. The van der Waals surface area contributed by atoms with Crippen molar-refractivity contribution in [1.29, 1.82) is 0 Å². The quantitative estimate of drug-likeness (QED) is 0.834. The molecule has 1 aliphatic carbocycles. The number of benzene rings is 1. The van der Waals surface area contributed by atoms with Gasteiger partial charge in [0.2, 0.25) is 0 Å². The minimum Gasteiger partial charge on any atom is -0.494 e. The Balaban J connectivity index is 1.88. The summed E-state index contributed by atoms with van der Waals surface area (Å²) in [5.41, 5.74) is 0.539. The van der Waals surface area contributed by atoms with Gasteiger partial charge in [0.1, 0.15) is 5.75 Å². The third-order valence-electron chi connectivity index (χ3n) is 3.39. The number of rotatable bonds is 6. The normalized spacial score (nSPS) is 20.9. The Morgan fingerprint density at radius 1 is 1.40 bits per heavy atom. The Morgan fingerprint density at radius 3 is 2.80 bits per heavy atom. The van der Waals surface area contributed by atoms with Gasteiger partial charge < -0.3 is 15.2 Å². The number of hydrogen-bond acceptors (Lipinski definition) is 3. The van der Waals surface area contributed by atoms with Crippen molar-refractivity contribution in [2.75, 3.05) is 6.61 Å². The van der Waals surface area contributed by atoms with Gasteiger partial charge in [0.25, 0.3) is 5.91 Å². The molecule has 0 aromatic heterocycles. The van der Waals surface area contributed by atoms with Gasteiger partial charge in [0.15, 0.2) is 0 Å². The summed E-state index contributed by atoms with van der Waals surface area (Å²) < 4.78 is 5.48. The van der Waals surface area contributed by atoms with Crippen LogP contribution in [0, 0.1) is 5.92 Å². The molecule has 5 nitrogen and oxygen atoms in total. The van der Waals surface area contributed by atoms with Crippen LogP contribution in [0.25, 0.3) is 0 Å². The second-order valence-corrected chi connectivity index (χ2v) is 5.05. The van der Waals surface area contributed by atoms with Gasteiger partial charge >= 0.3 is 5.97 Å². The van der Waals surface area contributed by atoms with Crippen LogP contribution in [-0.2, 0) is 4.79 Å². The van der Waals surface area contributed by atoms with Gasteiger partial charge in [0, 0.05) is 11.6 Å². The average molecular weight is 277 g/mol. The number of nitrogens with one attached hydrogen (secondary N) is 1. The first kappa shape index (κ1) is 14.4. The van der Waals surface area contributed by atoms with E-state index in [9.17, 15) is 9.59 Å². The Kier molecular flexibility index (Phi) is 4.61. The van der Waals surface area contributed by atoms with E-state index in [1.165, 1.54) is 0 Å². The molecular formula is C15H19NO4. The molecule has 0 heterocycles. The van der Waals surface area contributed by atoms with Crippen molar-refractivity contribution < 1.29 is 19.4 Å². The van der Waals surface area contributed by atoms with Crippen LogP contribution >= 0.6 is 0 Å². The molecular weight excluding hydrogens is 258 g/mol. The highest BCUT2D eigenvalue weighted by molar-refractivity contribution is 5.95. The van der Waals surface area contributed by atoms with E-state index < -0.39 is 5.97 Å². The molecule has 0 spiro atoms. The van der Waals surface area contributed by atoms with Crippen molar-refractivity contribution in [3.05, 3.63) is 29.8 Å². The molecule has 0 radical (unpaired) electrons. The minimum absolute atomic E-state index is 0.0381. The Morgan fingerprint density at radius 2 is 2.15 bits per heavy atom. The molecule has 1 aromatic carbocycles. The fourth-order valence-electron chi connectivity index (χ4n) is 2.15. The Hall–Kier alpha value is -2.04. The van der Waals surface area contributed by atoms with Crippen LogP contribution in [-0.4, -0.2) is 29.6 Å². The van der Waals surface area contributed by atoms with Gasteiger partial charge in [-0.1, -0.05) is 13.0 Å². The van der Waals surface area contributed by atoms with E-state index in [-0.39, 0.29) is 17.9 Å². The first-order valence-electron chi connectivity index (χ1n) is 6.86. The lowest BCUT2D eigenvalue weighted by molar-refractivity contribution is -0.145. The van der Waals surface area contributed by atoms with Crippen molar-refractivity contribution in [2.24, 2.45) is 5.92 Å². The van der Waals surface area contributed by atoms with Crippen molar-refractivity contribution in [3.8, 4) is 5.75 Å². The zero-order chi connectivity index (χ0) is 14.5. The van der Waals surface area contributed by atoms with Crippen LogP contribution in [0.15, 0.2) is 24.3 Å². The second-order valence-electron chi connectivity index (χ2n) is 5.05. The van der Waals surface area contributed by atoms with E-state index in [1.807, 2.05) is 13.0 Å². The summed E-state index contributed by atoms with van der Waals surface area (Å²) in [6, 6.07) is 6.99. The molecule has 1 fully saturated rings. The summed E-state index contributed by atoms with van der Waals surface area (Å²) in [7, 11) is 0. The molecule has 0 unspecified atom stereocenters. The second kappa shape index (κ2) is 6.41. The van der Waals surface area contributed by atoms with Crippen molar-refractivity contribution in [3.63, 3.8) is 0 Å². The molecule has 5 heteroatoms. The molecule has 20 heavy (non-hydrogen) atoms. The van der Waals surface area contributed by atoms with Crippen LogP contribution in [0.3, 0.4) is 0 Å². The summed E-state index contributed by atoms with van der Waals surface area (Å²) in [4.78, 5) is 22.7. The van der Waals surface area contributed by atoms with Gasteiger partial charge in [0.05, 0.1) is 12.5 Å². The van der Waals surface area contributed by atoms with Gasteiger partial charge in [-0.05, 0) is 37.5 Å². The maximum absolute atomic E-state index is 12.0. The van der Waals surface area contributed by atoms with E-state index in [0.29, 0.717) is 30.8 Å². The van der Waals surface area contributed by atoms with Crippen molar-refractivity contribution in [1.82, 2.24) is 5.32 Å². The molecule has 0 saturated heterocycles. The van der Waals surface area contributed by atoms with E-state index in [0.717, 1.165) is 6.42 Å². The highest BCUT2D eigenvalue weighted by Gasteiger charge is 2.35. The van der Waals surface area contributed by atoms with Gasteiger partial charge in [-0.2, -0.15) is 0 Å². The Labute approximate surface area is 117 Å². The lowest BCUT2D eigenvalue weighted by atomic mass is 9.80. The largest absolute Gasteiger partial charge is 0.494 e. The number of carboxylic acids is 1. The first-order valence-corrected chi connectivity index (χ1v) is 6.86. The molecule has 1 amide bonds. The van der Waals surface area contributed by atoms with Gasteiger partial charge in [-0.15, -0.1) is 0 Å². The highest BCUT2D eigenvalue weighted by atomic mass is 16.5. The van der Waals surface area contributed by atoms with Gasteiger partial charge in [-0.3, -0.25) is 9.59 Å². The lowest BCUT2D eigenvalue weighted by Gasteiger charge is -2.32. The van der Waals surface area contributed by atoms with Crippen LogP contribution in [0.1, 0.15) is 36.5 Å². The minimum atomic E-state index is -0.787. The van der Waals surface area contributed by atoms with Crippen molar-refractivity contribution in [2.45, 2.75) is 32.2 Å². The maximum atomic E-state index is 12.0. The molecule has 2 N–H and O–H groups in total. The highest BCUT2D eigenvalue weighted by Crippen LogP contribution is 2.27. The summed E-state index contributed by atoms with van der Waals surface area (Å²) in [5.74, 6) is -0.609. The van der Waals surface area contributed by atoms with Crippen LogP contribution in [0.2, 0.25) is 0 Å². The summed E-state index contributed by atoms with van der Waals surface area (Å²) in [6.07, 6.45) is 1.93. The molecule has 2 rings (SSSR count). The van der Waals surface area contributed by atoms with E-state index in [2.05, 4.69) is 5.32 Å². The number of ether oxygens (including phenoxy) is 1. The lowest BCUT2D eigenvalue weighted by Crippen LogP contribution is -2.46. The van der Waals surface area contributed by atoms with E-state index >= 15 is 0 Å². The SMILES string of the molecule is CCCOc1cccc(C(=O)NC2CC(C(=O)O)C2)c1. The standard InChI is InChI=1S/C15H19NO4/c1-2-6-20-13-5-3-4-10(9-13)14(17)16-12-7-11(8-12)15(18)19/h3-5,9,11-12H,2,6-8H2,1H3,(H,16,17)(H,18,19). The summed E-state index contributed by atoms with van der Waals surface area (Å²) in [6.45, 7) is 2.64. The number of aliphatic carboxylic acids is 1. The number of hydrogen-bond donors (Lipinski definition) is 2. The molecule has 1 aromatic rings. The van der Waals surface area contributed by atoms with Crippen LogP contribution < -0.4 is 10.1 Å². The Bertz CT molecular complexity index is 494. The molecule has 108 valence electrons. The average Bonchev–Trinajstić information content (AvgIpc) is 2.39. The topological polar surface area (TPSA) is 75.6 Å². The summed E-state index contributed by atoms with van der Waals surface area (Å²) in [5, 5.41) is 11.6. The fourth-order valence-corrected chi connectivity index (χ4v) is 2.15. The molecule has 0 atom stereocenters. The molecule has 1 aliphatic rings. The zero-order valence-corrected chi connectivity index (χ0v) is 11.5. The smallest absolute Gasteiger partial charge is 0.306 e. The molecule has 0 bridgehead atoms. The number of amides is 1. The van der Waals surface area contributed by atoms with Crippen LogP contribution in [0.5, 0.6) is 5.75 Å². The predicted octanol–water partition coefficient (Wildman–Crippen LogP) is 2.07. The molecule has 0 aliphatic heterocycles. The predicted molar refractivity (Wildman–Crippen MR) is 73.8 cm³/mol. The third-order valence-corrected chi connectivity index (χ3v) is 3.39. The fraction of sp³-hybridized carbons (Fsp3) is 0.467. The number of carbonyl (C=O) groups is 2. The maximum Gasteiger partial charge on any atom is 0.306 e. The molecule has 1 saturated carbocycles.